The van der Waals surface area contributed by atoms with Gasteiger partial charge >= 0.3 is 0 Å². The fourth-order valence-electron chi connectivity index (χ4n) is 3.11. The van der Waals surface area contributed by atoms with Crippen LogP contribution in [0.2, 0.25) is 0 Å². The monoisotopic (exact) mass is 403 g/mol. The van der Waals surface area contributed by atoms with Crippen LogP contribution in [0.15, 0.2) is 72.8 Å². The first-order chi connectivity index (χ1) is 14.7. The molecule has 0 saturated carbocycles. The van der Waals surface area contributed by atoms with E-state index in [1.807, 2.05) is 78.9 Å². The number of nitrogens with one attached hydrogen (secondary N) is 1. The van der Waals surface area contributed by atoms with Crippen molar-refractivity contribution in [2.45, 2.75) is 6.54 Å². The number of methoxy groups -OCH3 is 3. The first-order valence-electron chi connectivity index (χ1n) is 9.55. The number of rotatable bonds is 8. The summed E-state index contributed by atoms with van der Waals surface area (Å²) in [6.07, 6.45) is 1.85. The van der Waals surface area contributed by atoms with E-state index in [1.165, 1.54) is 0 Å². The summed E-state index contributed by atoms with van der Waals surface area (Å²) in [5.74, 6) is 1.80. The zero-order chi connectivity index (χ0) is 21.3. The van der Waals surface area contributed by atoms with Crippen molar-refractivity contribution in [3.63, 3.8) is 0 Å². The van der Waals surface area contributed by atoms with Gasteiger partial charge in [-0.15, -0.1) is 0 Å². The van der Waals surface area contributed by atoms with E-state index >= 15 is 0 Å². The highest BCUT2D eigenvalue weighted by atomic mass is 16.5. The van der Waals surface area contributed by atoms with Gasteiger partial charge in [-0.05, 0) is 35.4 Å². The van der Waals surface area contributed by atoms with Gasteiger partial charge in [-0.1, -0.05) is 54.6 Å². The molecule has 1 N–H and O–H groups in total. The molecule has 0 aliphatic rings. The van der Waals surface area contributed by atoms with Crippen molar-refractivity contribution < 1.29 is 19.0 Å². The van der Waals surface area contributed by atoms with Crippen molar-refractivity contribution in [1.29, 1.82) is 0 Å². The molecule has 0 aliphatic carbocycles. The van der Waals surface area contributed by atoms with Crippen LogP contribution in [0.25, 0.3) is 11.6 Å². The van der Waals surface area contributed by atoms with E-state index in [9.17, 15) is 4.79 Å². The molecule has 5 nitrogen and oxygen atoms in total. The molecule has 0 unspecified atom stereocenters. The first-order valence-corrected chi connectivity index (χ1v) is 9.55. The standard InChI is InChI=1S/C25H25NO4/c1-28-22-12-8-7-11-20(22)16-21(19-9-5-4-6-10-19)25(27)26-17-18-13-14-23(29-2)24(15-18)30-3/h4-16H,17H2,1-3H3,(H,26,27)/b21-16+. The number of hydrogen-bond donors (Lipinski definition) is 1. The van der Waals surface area contributed by atoms with E-state index in [4.69, 9.17) is 14.2 Å². The second-order valence-corrected chi connectivity index (χ2v) is 6.54. The molecular formula is C25H25NO4. The Morgan fingerprint density at radius 2 is 1.47 bits per heavy atom. The molecule has 0 saturated heterocycles. The van der Waals surface area contributed by atoms with E-state index < -0.39 is 0 Å². The van der Waals surface area contributed by atoms with E-state index in [0.29, 0.717) is 29.4 Å². The van der Waals surface area contributed by atoms with Crippen molar-refractivity contribution >= 4 is 17.6 Å². The number of hydrogen-bond acceptors (Lipinski definition) is 4. The quantitative estimate of drug-likeness (QED) is 0.442. The van der Waals surface area contributed by atoms with Crippen molar-refractivity contribution in [3.05, 3.63) is 89.5 Å². The van der Waals surface area contributed by atoms with E-state index in [-0.39, 0.29) is 5.91 Å². The Morgan fingerprint density at radius 3 is 2.17 bits per heavy atom. The lowest BCUT2D eigenvalue weighted by Crippen LogP contribution is -2.23. The summed E-state index contributed by atoms with van der Waals surface area (Å²) in [6.45, 7) is 0.356. The molecule has 0 radical (unpaired) electrons. The summed E-state index contributed by atoms with van der Waals surface area (Å²) in [5, 5.41) is 3.00. The Labute approximate surface area is 176 Å². The maximum atomic E-state index is 13.1. The molecule has 0 bridgehead atoms. The molecule has 0 aromatic heterocycles. The summed E-state index contributed by atoms with van der Waals surface area (Å²) >= 11 is 0. The van der Waals surface area contributed by atoms with E-state index in [2.05, 4.69) is 5.32 Å². The Hall–Kier alpha value is -3.73. The molecule has 0 atom stereocenters. The third-order valence-corrected chi connectivity index (χ3v) is 4.67. The summed E-state index contributed by atoms with van der Waals surface area (Å²) < 4.78 is 16.0. The van der Waals surface area contributed by atoms with Crippen molar-refractivity contribution in [3.8, 4) is 17.2 Å². The van der Waals surface area contributed by atoms with Crippen molar-refractivity contribution in [2.24, 2.45) is 0 Å². The third-order valence-electron chi connectivity index (χ3n) is 4.67. The van der Waals surface area contributed by atoms with Crippen LogP contribution in [-0.2, 0) is 11.3 Å². The molecule has 154 valence electrons. The Kier molecular flexibility index (Phi) is 7.11. The summed E-state index contributed by atoms with van der Waals surface area (Å²) in [5.41, 5.74) is 3.12. The van der Waals surface area contributed by atoms with Crippen LogP contribution in [0.3, 0.4) is 0 Å². The molecule has 3 rings (SSSR count). The van der Waals surface area contributed by atoms with Crippen LogP contribution in [-0.4, -0.2) is 27.2 Å². The van der Waals surface area contributed by atoms with Gasteiger partial charge in [0.25, 0.3) is 5.91 Å². The molecule has 0 spiro atoms. The van der Waals surface area contributed by atoms with Gasteiger partial charge in [0.2, 0.25) is 0 Å². The van der Waals surface area contributed by atoms with Crippen LogP contribution in [0.4, 0.5) is 0 Å². The summed E-state index contributed by atoms with van der Waals surface area (Å²) in [4.78, 5) is 13.1. The lowest BCUT2D eigenvalue weighted by Gasteiger charge is -2.13. The predicted octanol–water partition coefficient (Wildman–Crippen LogP) is 4.57. The van der Waals surface area contributed by atoms with Gasteiger partial charge < -0.3 is 19.5 Å². The van der Waals surface area contributed by atoms with Crippen LogP contribution < -0.4 is 19.5 Å². The zero-order valence-corrected chi connectivity index (χ0v) is 17.3. The van der Waals surface area contributed by atoms with Crippen molar-refractivity contribution in [1.82, 2.24) is 5.32 Å². The molecule has 0 heterocycles. The molecule has 5 heteroatoms. The summed E-state index contributed by atoms with van der Waals surface area (Å²) in [6, 6.07) is 22.7. The minimum atomic E-state index is -0.179. The third kappa shape index (κ3) is 5.00. The molecule has 0 fully saturated rings. The topological polar surface area (TPSA) is 56.8 Å². The number of amides is 1. The first kappa shape index (κ1) is 21.0. The minimum absolute atomic E-state index is 0.179. The number of ether oxygens (including phenoxy) is 3. The van der Waals surface area contributed by atoms with Gasteiger partial charge in [-0.25, -0.2) is 0 Å². The molecule has 1 amide bonds. The highest BCUT2D eigenvalue weighted by molar-refractivity contribution is 6.24. The lowest BCUT2D eigenvalue weighted by molar-refractivity contribution is -0.115. The minimum Gasteiger partial charge on any atom is -0.496 e. The SMILES string of the molecule is COc1ccccc1/C=C(/C(=O)NCc1ccc(OC)c(OC)c1)c1ccccc1. The maximum Gasteiger partial charge on any atom is 0.252 e. The smallest absolute Gasteiger partial charge is 0.252 e. The van der Waals surface area contributed by atoms with Gasteiger partial charge in [0.05, 0.1) is 21.3 Å². The molecule has 3 aromatic carbocycles. The normalized spacial score (nSPS) is 11.0. The average Bonchev–Trinajstić information content (AvgIpc) is 2.81. The van der Waals surface area contributed by atoms with E-state index in [1.54, 1.807) is 21.3 Å². The fourth-order valence-corrected chi connectivity index (χ4v) is 3.11. The largest absolute Gasteiger partial charge is 0.496 e. The van der Waals surface area contributed by atoms with Gasteiger partial charge in [-0.2, -0.15) is 0 Å². The van der Waals surface area contributed by atoms with Crippen LogP contribution in [0.1, 0.15) is 16.7 Å². The number of carbonyl (C=O) groups excluding carboxylic acids is 1. The van der Waals surface area contributed by atoms with Crippen molar-refractivity contribution in [2.75, 3.05) is 21.3 Å². The van der Waals surface area contributed by atoms with Gasteiger partial charge in [0, 0.05) is 17.7 Å². The fraction of sp³-hybridized carbons (Fsp3) is 0.160. The average molecular weight is 403 g/mol. The zero-order valence-electron chi connectivity index (χ0n) is 17.3. The Bertz CT molecular complexity index is 1030. The lowest BCUT2D eigenvalue weighted by atomic mass is 10.0. The summed E-state index contributed by atoms with van der Waals surface area (Å²) in [7, 11) is 4.80. The van der Waals surface area contributed by atoms with Crippen LogP contribution >= 0.6 is 0 Å². The second-order valence-electron chi connectivity index (χ2n) is 6.54. The molecular weight excluding hydrogens is 378 g/mol. The number of benzene rings is 3. The second kappa shape index (κ2) is 10.2. The number of carbonyl (C=O) groups is 1. The molecule has 0 aliphatic heterocycles. The maximum absolute atomic E-state index is 13.1. The highest BCUT2D eigenvalue weighted by Crippen LogP contribution is 2.28. The van der Waals surface area contributed by atoms with Crippen LogP contribution in [0, 0.1) is 0 Å². The van der Waals surface area contributed by atoms with E-state index in [0.717, 1.165) is 16.7 Å². The van der Waals surface area contributed by atoms with Gasteiger partial charge in [0.1, 0.15) is 5.75 Å². The predicted molar refractivity (Wildman–Crippen MR) is 119 cm³/mol. The van der Waals surface area contributed by atoms with Gasteiger partial charge in [0.15, 0.2) is 11.5 Å². The van der Waals surface area contributed by atoms with Gasteiger partial charge in [-0.3, -0.25) is 4.79 Å². The Balaban J connectivity index is 1.87. The number of para-hydroxylation sites is 1. The molecule has 30 heavy (non-hydrogen) atoms. The van der Waals surface area contributed by atoms with Crippen LogP contribution in [0.5, 0.6) is 17.2 Å². The Morgan fingerprint density at radius 1 is 0.800 bits per heavy atom. The molecule has 3 aromatic rings. The highest BCUT2D eigenvalue weighted by Gasteiger charge is 2.14.